The van der Waals surface area contributed by atoms with Gasteiger partial charge in [-0.25, -0.2) is 0 Å². The van der Waals surface area contributed by atoms with E-state index in [1.54, 1.807) is 6.07 Å². The van der Waals surface area contributed by atoms with Crippen molar-refractivity contribution in [2.45, 2.75) is 26.2 Å². The molecule has 0 aliphatic carbocycles. The molecule has 14 heavy (non-hydrogen) atoms. The first-order chi connectivity index (χ1) is 6.45. The minimum absolute atomic E-state index is 0.0804. The first-order valence-electron chi connectivity index (χ1n) is 4.46. The second kappa shape index (κ2) is 3.86. The summed E-state index contributed by atoms with van der Waals surface area (Å²) in [6.45, 7) is 2.53. The molecule has 0 aromatic heterocycles. The molecule has 3 heteroatoms. The van der Waals surface area contributed by atoms with Crippen molar-refractivity contribution >= 4 is 5.78 Å². The number of hydrogen-bond acceptors (Lipinski definition) is 1. The molecule has 0 aliphatic rings. The molecule has 0 radical (unpaired) electrons. The summed E-state index contributed by atoms with van der Waals surface area (Å²) in [5, 5.41) is 0. The van der Waals surface area contributed by atoms with Crippen LogP contribution >= 0.6 is 0 Å². The van der Waals surface area contributed by atoms with Crippen LogP contribution in [0, 0.1) is 0 Å². The first kappa shape index (κ1) is 10.8. The summed E-state index contributed by atoms with van der Waals surface area (Å²) in [7, 11) is 0. The summed E-state index contributed by atoms with van der Waals surface area (Å²) >= 11 is 0. The normalized spacial score (nSPS) is 11.4. The molecule has 0 unspecified atom stereocenters. The van der Waals surface area contributed by atoms with Gasteiger partial charge in [0, 0.05) is 12.5 Å². The van der Waals surface area contributed by atoms with Gasteiger partial charge in [-0.1, -0.05) is 25.1 Å². The predicted octanol–water partition coefficient (Wildman–Crippen LogP) is 3.09. The van der Waals surface area contributed by atoms with Gasteiger partial charge in [0.1, 0.15) is 0 Å². The lowest BCUT2D eigenvalue weighted by molar-refractivity contribution is 0.0221. The summed E-state index contributed by atoms with van der Waals surface area (Å²) in [4.78, 5) is 11.2. The van der Waals surface area contributed by atoms with Crippen molar-refractivity contribution in [1.82, 2.24) is 0 Å². The molecule has 0 saturated heterocycles. The van der Waals surface area contributed by atoms with Crippen molar-refractivity contribution in [2.75, 3.05) is 0 Å². The van der Waals surface area contributed by atoms with Crippen LogP contribution in [0.5, 0.6) is 0 Å². The summed E-state index contributed by atoms with van der Waals surface area (Å²) in [6, 6.07) is 6.36. The topological polar surface area (TPSA) is 17.1 Å². The standard InChI is InChI=1S/C11H12F2O/c1-3-8-5-4-6-9(7-8)10(14)11(2,12)13/h4-7H,3H2,1-2H3. The maximum absolute atomic E-state index is 12.7. The molecule has 0 atom stereocenters. The Balaban J connectivity index is 3.02. The SMILES string of the molecule is CCc1cccc(C(=O)C(C)(F)F)c1. The summed E-state index contributed by atoms with van der Waals surface area (Å²) in [5.41, 5.74) is 0.969. The number of hydrogen-bond donors (Lipinski definition) is 0. The average molecular weight is 198 g/mol. The van der Waals surface area contributed by atoms with Crippen LogP contribution in [0.1, 0.15) is 29.8 Å². The maximum atomic E-state index is 12.7. The van der Waals surface area contributed by atoms with E-state index >= 15 is 0 Å². The van der Waals surface area contributed by atoms with Gasteiger partial charge < -0.3 is 0 Å². The van der Waals surface area contributed by atoms with Crippen molar-refractivity contribution in [3.05, 3.63) is 35.4 Å². The van der Waals surface area contributed by atoms with E-state index in [-0.39, 0.29) is 5.56 Å². The van der Waals surface area contributed by atoms with E-state index in [9.17, 15) is 13.6 Å². The van der Waals surface area contributed by atoms with E-state index in [2.05, 4.69) is 0 Å². The van der Waals surface area contributed by atoms with Gasteiger partial charge in [-0.15, -0.1) is 0 Å². The van der Waals surface area contributed by atoms with Crippen molar-refractivity contribution in [2.24, 2.45) is 0 Å². The second-order valence-corrected chi connectivity index (χ2v) is 3.27. The monoisotopic (exact) mass is 198 g/mol. The number of halogens is 2. The third-order valence-electron chi connectivity index (χ3n) is 2.00. The van der Waals surface area contributed by atoms with Crippen LogP contribution in [0.4, 0.5) is 8.78 Å². The Morgan fingerprint density at radius 3 is 2.57 bits per heavy atom. The summed E-state index contributed by atoms with van der Waals surface area (Å²) in [6.07, 6.45) is 0.733. The molecule has 0 bridgehead atoms. The molecule has 0 fully saturated rings. The van der Waals surface area contributed by atoms with Crippen LogP contribution in [-0.4, -0.2) is 11.7 Å². The van der Waals surface area contributed by atoms with Crippen molar-refractivity contribution in [1.29, 1.82) is 0 Å². The van der Waals surface area contributed by atoms with Crippen LogP contribution in [0.25, 0.3) is 0 Å². The zero-order valence-corrected chi connectivity index (χ0v) is 8.18. The quantitative estimate of drug-likeness (QED) is 0.682. The van der Waals surface area contributed by atoms with Gasteiger partial charge in [0.15, 0.2) is 0 Å². The molecule has 1 aromatic carbocycles. The number of benzene rings is 1. The molecular formula is C11H12F2O. The van der Waals surface area contributed by atoms with Gasteiger partial charge in [0.25, 0.3) is 0 Å². The molecule has 0 spiro atoms. The highest BCUT2D eigenvalue weighted by atomic mass is 19.3. The van der Waals surface area contributed by atoms with E-state index in [1.165, 1.54) is 12.1 Å². The largest absolute Gasteiger partial charge is 0.307 e. The molecule has 1 rings (SSSR count). The summed E-state index contributed by atoms with van der Waals surface area (Å²) in [5.74, 6) is -4.40. The van der Waals surface area contributed by atoms with Crippen molar-refractivity contribution in [3.63, 3.8) is 0 Å². The molecule has 1 aromatic rings. The van der Waals surface area contributed by atoms with Crippen molar-refractivity contribution < 1.29 is 13.6 Å². The third kappa shape index (κ3) is 2.37. The van der Waals surface area contributed by atoms with Gasteiger partial charge in [-0.3, -0.25) is 4.79 Å². The lowest BCUT2D eigenvalue weighted by Gasteiger charge is -2.09. The molecular weight excluding hydrogens is 186 g/mol. The Hall–Kier alpha value is -1.25. The molecule has 0 amide bonds. The van der Waals surface area contributed by atoms with Gasteiger partial charge in [0.05, 0.1) is 0 Å². The number of aryl methyl sites for hydroxylation is 1. The summed E-state index contributed by atoms with van der Waals surface area (Å²) < 4.78 is 25.4. The van der Waals surface area contributed by atoms with Gasteiger partial charge in [-0.05, 0) is 18.1 Å². The Bertz CT molecular complexity index is 339. The average Bonchev–Trinajstić information content (AvgIpc) is 2.15. The number of rotatable bonds is 3. The second-order valence-electron chi connectivity index (χ2n) is 3.27. The van der Waals surface area contributed by atoms with Crippen LogP contribution in [0.2, 0.25) is 0 Å². The molecule has 0 saturated carbocycles. The van der Waals surface area contributed by atoms with E-state index in [0.29, 0.717) is 6.92 Å². The Morgan fingerprint density at radius 2 is 2.07 bits per heavy atom. The van der Waals surface area contributed by atoms with Crippen LogP contribution in [-0.2, 0) is 6.42 Å². The van der Waals surface area contributed by atoms with E-state index in [1.807, 2.05) is 13.0 Å². The fraction of sp³-hybridized carbons (Fsp3) is 0.364. The van der Waals surface area contributed by atoms with Crippen LogP contribution in [0.3, 0.4) is 0 Å². The fourth-order valence-corrected chi connectivity index (χ4v) is 1.19. The Morgan fingerprint density at radius 1 is 1.43 bits per heavy atom. The van der Waals surface area contributed by atoms with Crippen LogP contribution in [0.15, 0.2) is 24.3 Å². The van der Waals surface area contributed by atoms with E-state index < -0.39 is 11.7 Å². The number of Topliss-reactive ketones (excluding diaryl/α,β-unsaturated/α-hetero) is 1. The number of carbonyl (C=O) groups is 1. The van der Waals surface area contributed by atoms with Crippen molar-refractivity contribution in [3.8, 4) is 0 Å². The van der Waals surface area contributed by atoms with Gasteiger partial charge in [0.2, 0.25) is 5.78 Å². The highest BCUT2D eigenvalue weighted by Gasteiger charge is 2.32. The number of carbonyl (C=O) groups excluding carboxylic acids is 1. The lowest BCUT2D eigenvalue weighted by Crippen LogP contribution is -2.24. The van der Waals surface area contributed by atoms with E-state index in [0.717, 1.165) is 12.0 Å². The molecule has 0 heterocycles. The zero-order valence-electron chi connectivity index (χ0n) is 8.18. The highest BCUT2D eigenvalue weighted by Crippen LogP contribution is 2.19. The van der Waals surface area contributed by atoms with Crippen LogP contribution < -0.4 is 0 Å². The molecule has 0 N–H and O–H groups in total. The number of alkyl halides is 2. The maximum Gasteiger partial charge on any atom is 0.307 e. The highest BCUT2D eigenvalue weighted by molar-refractivity contribution is 6.01. The van der Waals surface area contributed by atoms with Gasteiger partial charge in [-0.2, -0.15) is 8.78 Å². The smallest absolute Gasteiger partial charge is 0.287 e. The Labute approximate surface area is 81.7 Å². The first-order valence-corrected chi connectivity index (χ1v) is 4.46. The fourth-order valence-electron chi connectivity index (χ4n) is 1.19. The minimum atomic E-state index is -3.29. The minimum Gasteiger partial charge on any atom is -0.287 e. The van der Waals surface area contributed by atoms with E-state index in [4.69, 9.17) is 0 Å². The third-order valence-corrected chi connectivity index (χ3v) is 2.00. The lowest BCUT2D eigenvalue weighted by atomic mass is 10.0. The Kier molecular flexibility index (Phi) is 2.99. The predicted molar refractivity (Wildman–Crippen MR) is 50.8 cm³/mol. The number of ketones is 1. The van der Waals surface area contributed by atoms with Gasteiger partial charge >= 0.3 is 5.92 Å². The zero-order chi connectivity index (χ0) is 10.8. The molecule has 0 aliphatic heterocycles. The molecule has 1 nitrogen and oxygen atoms in total. The molecule has 76 valence electrons.